The first kappa shape index (κ1) is 12.7. The zero-order valence-electron chi connectivity index (χ0n) is 9.62. The van der Waals surface area contributed by atoms with E-state index in [0.717, 1.165) is 11.1 Å². The van der Waals surface area contributed by atoms with Crippen molar-refractivity contribution in [3.63, 3.8) is 0 Å². The number of Topliss-reactive ketones (excluding diaryl/α,β-unsaturated/α-hetero) is 1. The maximum atomic E-state index is 11.7. The Labute approximate surface area is 95.0 Å². The van der Waals surface area contributed by atoms with Crippen molar-refractivity contribution in [3.05, 3.63) is 28.8 Å². The molecule has 0 aromatic heterocycles. The van der Waals surface area contributed by atoms with Crippen molar-refractivity contribution in [3.8, 4) is 5.75 Å². The number of rotatable bonds is 5. The second-order valence-electron chi connectivity index (χ2n) is 3.54. The van der Waals surface area contributed by atoms with Gasteiger partial charge in [-0.1, -0.05) is 13.8 Å². The SMILES string of the molecule is CCc1cc(OO)cc(CC)c1C(=O)CN. The summed E-state index contributed by atoms with van der Waals surface area (Å²) in [4.78, 5) is 16.0. The normalized spacial score (nSPS) is 10.2. The van der Waals surface area contributed by atoms with Crippen LogP contribution in [0.4, 0.5) is 0 Å². The molecule has 88 valence electrons. The van der Waals surface area contributed by atoms with Crippen LogP contribution in [0.2, 0.25) is 0 Å². The van der Waals surface area contributed by atoms with Crippen LogP contribution in [0.25, 0.3) is 0 Å². The van der Waals surface area contributed by atoms with Crippen LogP contribution in [-0.2, 0) is 12.8 Å². The molecule has 0 amide bonds. The molecule has 0 spiro atoms. The fourth-order valence-corrected chi connectivity index (χ4v) is 1.81. The highest BCUT2D eigenvalue weighted by molar-refractivity contribution is 6.00. The van der Waals surface area contributed by atoms with Gasteiger partial charge >= 0.3 is 0 Å². The molecule has 0 aliphatic carbocycles. The van der Waals surface area contributed by atoms with Crippen molar-refractivity contribution < 1.29 is 14.9 Å². The van der Waals surface area contributed by atoms with Crippen LogP contribution < -0.4 is 10.6 Å². The van der Waals surface area contributed by atoms with Crippen molar-refractivity contribution in [2.75, 3.05) is 6.54 Å². The number of hydrogen-bond donors (Lipinski definition) is 2. The Morgan fingerprint density at radius 3 is 2.12 bits per heavy atom. The zero-order valence-corrected chi connectivity index (χ0v) is 9.62. The molecule has 0 aliphatic heterocycles. The summed E-state index contributed by atoms with van der Waals surface area (Å²) in [6.45, 7) is 3.89. The Kier molecular flexibility index (Phi) is 4.46. The Bertz CT molecular complexity index is 363. The summed E-state index contributed by atoms with van der Waals surface area (Å²) in [5.41, 5.74) is 7.79. The van der Waals surface area contributed by atoms with Gasteiger partial charge < -0.3 is 10.6 Å². The van der Waals surface area contributed by atoms with E-state index < -0.39 is 0 Å². The molecule has 0 heterocycles. The summed E-state index contributed by atoms with van der Waals surface area (Å²) in [5, 5.41) is 8.65. The molecule has 0 bridgehead atoms. The van der Waals surface area contributed by atoms with Crippen LogP contribution in [-0.4, -0.2) is 17.6 Å². The topological polar surface area (TPSA) is 72.5 Å². The summed E-state index contributed by atoms with van der Waals surface area (Å²) in [7, 11) is 0. The van der Waals surface area contributed by atoms with Gasteiger partial charge in [-0.3, -0.25) is 4.79 Å². The van der Waals surface area contributed by atoms with E-state index >= 15 is 0 Å². The average molecular weight is 223 g/mol. The van der Waals surface area contributed by atoms with Crippen molar-refractivity contribution in [1.82, 2.24) is 0 Å². The molecule has 3 N–H and O–H groups in total. The highest BCUT2D eigenvalue weighted by atomic mass is 17.1. The van der Waals surface area contributed by atoms with Gasteiger partial charge in [-0.15, -0.1) is 0 Å². The second-order valence-corrected chi connectivity index (χ2v) is 3.54. The van der Waals surface area contributed by atoms with Crippen molar-refractivity contribution in [2.24, 2.45) is 5.73 Å². The highest BCUT2D eigenvalue weighted by Gasteiger charge is 2.15. The quantitative estimate of drug-likeness (QED) is 0.453. The van der Waals surface area contributed by atoms with E-state index in [0.29, 0.717) is 24.2 Å². The summed E-state index contributed by atoms with van der Waals surface area (Å²) >= 11 is 0. The van der Waals surface area contributed by atoms with Crippen molar-refractivity contribution in [1.29, 1.82) is 0 Å². The number of carbonyl (C=O) groups excluding carboxylic acids is 1. The van der Waals surface area contributed by atoms with Gasteiger partial charge in [0.05, 0.1) is 6.54 Å². The minimum Gasteiger partial charge on any atom is -0.340 e. The van der Waals surface area contributed by atoms with Gasteiger partial charge in [0.25, 0.3) is 0 Å². The molecule has 0 aliphatic rings. The lowest BCUT2D eigenvalue weighted by molar-refractivity contribution is -0.137. The van der Waals surface area contributed by atoms with Crippen LogP contribution in [0.1, 0.15) is 35.3 Å². The van der Waals surface area contributed by atoms with E-state index in [2.05, 4.69) is 4.89 Å². The Balaban J connectivity index is 3.37. The molecule has 0 fully saturated rings. The van der Waals surface area contributed by atoms with E-state index in [9.17, 15) is 4.79 Å². The van der Waals surface area contributed by atoms with E-state index in [1.54, 1.807) is 12.1 Å². The largest absolute Gasteiger partial charge is 0.340 e. The fourth-order valence-electron chi connectivity index (χ4n) is 1.81. The van der Waals surface area contributed by atoms with Crippen molar-refractivity contribution >= 4 is 5.78 Å². The number of carbonyl (C=O) groups is 1. The molecule has 0 atom stereocenters. The summed E-state index contributed by atoms with van der Waals surface area (Å²) in [5.74, 6) is 0.292. The Morgan fingerprint density at radius 1 is 1.31 bits per heavy atom. The Hall–Kier alpha value is -1.39. The lowest BCUT2D eigenvalue weighted by Crippen LogP contribution is -2.17. The van der Waals surface area contributed by atoms with Crippen LogP contribution in [0, 0.1) is 0 Å². The van der Waals surface area contributed by atoms with E-state index in [1.165, 1.54) is 0 Å². The molecule has 1 aromatic rings. The van der Waals surface area contributed by atoms with Gasteiger partial charge in [-0.2, -0.15) is 0 Å². The van der Waals surface area contributed by atoms with Gasteiger partial charge in [0.2, 0.25) is 0 Å². The number of hydrogen-bond acceptors (Lipinski definition) is 4. The number of ketones is 1. The third-order valence-corrected chi connectivity index (χ3v) is 2.61. The molecule has 0 saturated heterocycles. The number of benzene rings is 1. The molecule has 1 aromatic carbocycles. The third-order valence-electron chi connectivity index (χ3n) is 2.61. The van der Waals surface area contributed by atoms with E-state index in [4.69, 9.17) is 11.0 Å². The van der Waals surface area contributed by atoms with Gasteiger partial charge in [0.15, 0.2) is 11.5 Å². The smallest absolute Gasteiger partial charge is 0.176 e. The summed E-state index contributed by atoms with van der Waals surface area (Å²) < 4.78 is 0. The third kappa shape index (κ3) is 2.40. The molecular formula is C12H17NO3. The zero-order chi connectivity index (χ0) is 12.1. The monoisotopic (exact) mass is 223 g/mol. The van der Waals surface area contributed by atoms with Crippen molar-refractivity contribution in [2.45, 2.75) is 26.7 Å². The highest BCUT2D eigenvalue weighted by Crippen LogP contribution is 2.24. The van der Waals surface area contributed by atoms with Crippen LogP contribution in [0.5, 0.6) is 5.75 Å². The molecule has 4 heteroatoms. The predicted octanol–water partition coefficient (Wildman–Crippen LogP) is 1.80. The van der Waals surface area contributed by atoms with E-state index in [-0.39, 0.29) is 12.3 Å². The second kappa shape index (κ2) is 5.63. The maximum Gasteiger partial charge on any atom is 0.176 e. The maximum absolute atomic E-state index is 11.7. The lowest BCUT2D eigenvalue weighted by atomic mass is 9.94. The van der Waals surface area contributed by atoms with Crippen LogP contribution >= 0.6 is 0 Å². The number of aryl methyl sites for hydroxylation is 2. The standard InChI is InChI=1S/C12H17NO3/c1-3-8-5-10(16-15)6-9(4-2)12(8)11(14)7-13/h5-6,15H,3-4,7,13H2,1-2H3. The predicted molar refractivity (Wildman–Crippen MR) is 61.8 cm³/mol. The summed E-state index contributed by atoms with van der Waals surface area (Å²) in [6.07, 6.45) is 1.40. The molecule has 4 nitrogen and oxygen atoms in total. The molecule has 0 saturated carbocycles. The fraction of sp³-hybridized carbons (Fsp3) is 0.417. The van der Waals surface area contributed by atoms with Gasteiger partial charge in [0, 0.05) is 5.56 Å². The molecular weight excluding hydrogens is 206 g/mol. The van der Waals surface area contributed by atoms with Crippen LogP contribution in [0.3, 0.4) is 0 Å². The lowest BCUT2D eigenvalue weighted by Gasteiger charge is -2.12. The molecule has 0 unspecified atom stereocenters. The summed E-state index contributed by atoms with van der Waals surface area (Å²) in [6, 6.07) is 3.34. The first-order valence-corrected chi connectivity index (χ1v) is 5.38. The van der Waals surface area contributed by atoms with Gasteiger partial charge in [0.1, 0.15) is 0 Å². The Morgan fingerprint density at radius 2 is 1.81 bits per heavy atom. The average Bonchev–Trinajstić information content (AvgIpc) is 2.35. The van der Waals surface area contributed by atoms with Crippen LogP contribution in [0.15, 0.2) is 12.1 Å². The molecule has 16 heavy (non-hydrogen) atoms. The molecule has 0 radical (unpaired) electrons. The van der Waals surface area contributed by atoms with Gasteiger partial charge in [-0.05, 0) is 36.1 Å². The molecule has 1 rings (SSSR count). The minimum atomic E-state index is -0.0711. The number of nitrogens with two attached hydrogens (primary N) is 1. The van der Waals surface area contributed by atoms with E-state index in [1.807, 2.05) is 13.8 Å². The first-order valence-electron chi connectivity index (χ1n) is 5.38. The first-order chi connectivity index (χ1) is 7.67. The van der Waals surface area contributed by atoms with Gasteiger partial charge in [-0.25, -0.2) is 5.26 Å². The minimum absolute atomic E-state index is 0.000666.